The Kier molecular flexibility index (Phi) is 171. The number of hydrogen-bond acceptors (Lipinski definition) is 0. The first kappa shape index (κ1) is 35.5. The van der Waals surface area contributed by atoms with Gasteiger partial charge in [0.1, 0.15) is 0 Å². The molecule has 0 saturated heterocycles. The van der Waals surface area contributed by atoms with Crippen LogP contribution in [0.5, 0.6) is 0 Å². The van der Waals surface area contributed by atoms with Crippen LogP contribution in [0.1, 0.15) is 0 Å². The second-order valence-electron chi connectivity index (χ2n) is 0. The molecule has 0 amide bonds. The molecule has 4 heavy (non-hydrogen) atoms. The molecule has 32 valence electrons. The molecule has 0 aromatic carbocycles. The molecule has 0 aromatic rings. The molecule has 0 bridgehead atoms. The molecule has 0 saturated carbocycles. The third-order valence-corrected chi connectivity index (χ3v) is 0. The van der Waals surface area contributed by atoms with Gasteiger partial charge in [-0.15, -0.1) is 0 Å². The van der Waals surface area contributed by atoms with Gasteiger partial charge in [0.05, 0.1) is 0 Å². The molecular formula is H3Ni2PTi. The van der Waals surface area contributed by atoms with Crippen molar-refractivity contribution in [2.24, 2.45) is 0 Å². The van der Waals surface area contributed by atoms with Gasteiger partial charge in [0.2, 0.25) is 0 Å². The molecule has 0 radical (unpaired) electrons. The van der Waals surface area contributed by atoms with Gasteiger partial charge in [0, 0.05) is 54.7 Å². The van der Waals surface area contributed by atoms with Crippen LogP contribution < -0.4 is 0 Å². The first-order valence-corrected chi connectivity index (χ1v) is 0. The van der Waals surface area contributed by atoms with Crippen molar-refractivity contribution in [1.29, 1.82) is 0 Å². The Balaban J connectivity index is 0. The van der Waals surface area contributed by atoms with E-state index in [9.17, 15) is 0 Å². The second kappa shape index (κ2) is 19.3. The molecule has 0 rings (SSSR count). The van der Waals surface area contributed by atoms with E-state index in [4.69, 9.17) is 0 Å². The van der Waals surface area contributed by atoms with E-state index in [1.165, 1.54) is 0 Å². The van der Waals surface area contributed by atoms with Gasteiger partial charge in [-0.25, -0.2) is 0 Å². The van der Waals surface area contributed by atoms with Crippen molar-refractivity contribution in [2.75, 3.05) is 0 Å². The van der Waals surface area contributed by atoms with Crippen molar-refractivity contribution in [3.8, 4) is 0 Å². The Morgan fingerprint density at radius 1 is 0.750 bits per heavy atom. The van der Waals surface area contributed by atoms with E-state index in [0.717, 1.165) is 0 Å². The minimum atomic E-state index is 0. The predicted octanol–water partition coefficient (Wildman–Crippen LogP) is 0.0506. The summed E-state index contributed by atoms with van der Waals surface area (Å²) in [5, 5.41) is 0. The second-order valence-corrected chi connectivity index (χ2v) is 0. The summed E-state index contributed by atoms with van der Waals surface area (Å²) in [5.74, 6) is 0. The summed E-state index contributed by atoms with van der Waals surface area (Å²) in [5.41, 5.74) is 0. The Bertz CT molecular complexity index is 6.00. The molecule has 4 heteroatoms. The molecule has 0 fully saturated rings. The molecule has 0 heterocycles. The zero-order chi connectivity index (χ0) is 0. The molecule has 0 aliphatic heterocycles. The quantitative estimate of drug-likeness (QED) is 0.382. The van der Waals surface area contributed by atoms with E-state index in [0.29, 0.717) is 0 Å². The fourth-order valence-electron chi connectivity index (χ4n) is 0. The van der Waals surface area contributed by atoms with Crippen molar-refractivity contribution in [1.82, 2.24) is 0 Å². The first-order valence-electron chi connectivity index (χ1n) is 0. The van der Waals surface area contributed by atoms with Crippen molar-refractivity contribution >= 4 is 9.90 Å². The Hall–Kier alpha value is 2.13. The average molecular weight is 199 g/mol. The Morgan fingerprint density at radius 2 is 0.750 bits per heavy atom. The van der Waals surface area contributed by atoms with Crippen molar-refractivity contribution < 1.29 is 54.7 Å². The van der Waals surface area contributed by atoms with Crippen LogP contribution in [0.4, 0.5) is 0 Å². The maximum atomic E-state index is 0. The standard InChI is InChI=1S/2Ni.H3P.Ti/h;;1H3;. The molecule has 0 N–H and O–H groups in total. The minimum absolute atomic E-state index is 0. The molecule has 0 nitrogen and oxygen atoms in total. The largest absolute Gasteiger partial charge is 0.153 e. The average Bonchev–Trinajstić information content (AvgIpc) is 0. The van der Waals surface area contributed by atoms with Gasteiger partial charge in [0.15, 0.2) is 0 Å². The zero-order valence-electron chi connectivity index (χ0n) is 1.84. The van der Waals surface area contributed by atoms with Crippen molar-refractivity contribution in [3.63, 3.8) is 0 Å². The van der Waals surface area contributed by atoms with Crippen LogP contribution >= 0.6 is 9.90 Å². The third-order valence-electron chi connectivity index (χ3n) is 0. The summed E-state index contributed by atoms with van der Waals surface area (Å²) in [7, 11) is 0. The zero-order valence-corrected chi connectivity index (χ0v) is 6.79. The van der Waals surface area contributed by atoms with Crippen LogP contribution in [0.2, 0.25) is 0 Å². The summed E-state index contributed by atoms with van der Waals surface area (Å²) >= 11 is 0. The van der Waals surface area contributed by atoms with E-state index in [-0.39, 0.29) is 64.6 Å². The normalized spacial score (nSPS) is 0. The van der Waals surface area contributed by atoms with Gasteiger partial charge < -0.3 is 0 Å². The summed E-state index contributed by atoms with van der Waals surface area (Å²) < 4.78 is 0. The van der Waals surface area contributed by atoms with Gasteiger partial charge in [-0.1, -0.05) is 0 Å². The van der Waals surface area contributed by atoms with E-state index >= 15 is 0 Å². The van der Waals surface area contributed by atoms with Crippen LogP contribution in [0.25, 0.3) is 0 Å². The van der Waals surface area contributed by atoms with Gasteiger partial charge in [-0.05, 0) is 0 Å². The van der Waals surface area contributed by atoms with Crippen molar-refractivity contribution in [2.45, 2.75) is 0 Å². The fraction of sp³-hybridized carbons (Fsp3) is 0. The van der Waals surface area contributed by atoms with Crippen molar-refractivity contribution in [3.05, 3.63) is 0 Å². The van der Waals surface area contributed by atoms with E-state index in [1.807, 2.05) is 0 Å². The van der Waals surface area contributed by atoms with Gasteiger partial charge in [-0.2, -0.15) is 9.90 Å². The number of hydrogen-bond donors (Lipinski definition) is 0. The predicted molar refractivity (Wildman–Crippen MR) is 11.1 cm³/mol. The van der Waals surface area contributed by atoms with Crippen LogP contribution in [-0.4, -0.2) is 0 Å². The Morgan fingerprint density at radius 3 is 0.750 bits per heavy atom. The minimum Gasteiger partial charge on any atom is -0.153 e. The monoisotopic (exact) mass is 198 g/mol. The first-order chi connectivity index (χ1) is 0. The summed E-state index contributed by atoms with van der Waals surface area (Å²) in [4.78, 5) is 0. The summed E-state index contributed by atoms with van der Waals surface area (Å²) in [6.07, 6.45) is 0. The van der Waals surface area contributed by atoms with Gasteiger partial charge in [-0.3, -0.25) is 0 Å². The molecule has 0 spiro atoms. The SMILES string of the molecule is P.[Ni].[Ni].[Ti]. The smallest absolute Gasteiger partial charge is 0 e. The van der Waals surface area contributed by atoms with Gasteiger partial charge in [0.25, 0.3) is 0 Å². The fourth-order valence-corrected chi connectivity index (χ4v) is 0. The topological polar surface area (TPSA) is 0 Å². The van der Waals surface area contributed by atoms with E-state index < -0.39 is 0 Å². The van der Waals surface area contributed by atoms with E-state index in [2.05, 4.69) is 0 Å². The molecular weight excluding hydrogens is 196 g/mol. The van der Waals surface area contributed by atoms with Crippen LogP contribution in [0.15, 0.2) is 0 Å². The summed E-state index contributed by atoms with van der Waals surface area (Å²) in [6.45, 7) is 0. The summed E-state index contributed by atoms with van der Waals surface area (Å²) in [6, 6.07) is 0. The third kappa shape index (κ3) is 8.92. The Labute approximate surface area is 64.2 Å². The molecule has 1 atom stereocenters. The van der Waals surface area contributed by atoms with Gasteiger partial charge >= 0.3 is 0 Å². The van der Waals surface area contributed by atoms with Crippen LogP contribution in [0.3, 0.4) is 0 Å². The van der Waals surface area contributed by atoms with Crippen LogP contribution in [0, 0.1) is 0 Å². The maximum absolute atomic E-state index is 0. The van der Waals surface area contributed by atoms with Crippen LogP contribution in [-0.2, 0) is 54.7 Å². The molecule has 0 aliphatic rings. The molecule has 1 unspecified atom stereocenters. The molecule has 0 aromatic heterocycles. The van der Waals surface area contributed by atoms with E-state index in [1.54, 1.807) is 0 Å². The molecule has 0 aliphatic carbocycles. The maximum Gasteiger partial charge on any atom is 0 e. The number of rotatable bonds is 0.